The van der Waals surface area contributed by atoms with Gasteiger partial charge in [0.25, 0.3) is 0 Å². The zero-order valence-electron chi connectivity index (χ0n) is 11.0. The Balaban J connectivity index is 3.02. The number of alkyl halides is 3. The van der Waals surface area contributed by atoms with Crippen molar-refractivity contribution in [2.45, 2.75) is 25.8 Å². The van der Waals surface area contributed by atoms with Gasteiger partial charge < -0.3 is 13.8 Å². The molecule has 0 N–H and O–H groups in total. The minimum Gasteiger partial charge on any atom is -0.379 e. The number of ether oxygens (including phenoxy) is 1. The molecule has 1 fully saturated rings. The van der Waals surface area contributed by atoms with Crippen LogP contribution in [0.4, 0.5) is 13.2 Å². The van der Waals surface area contributed by atoms with Crippen molar-refractivity contribution in [1.29, 1.82) is 0 Å². The van der Waals surface area contributed by atoms with E-state index in [9.17, 15) is 17.7 Å². The Morgan fingerprint density at radius 2 is 1.68 bits per heavy atom. The van der Waals surface area contributed by atoms with Gasteiger partial charge in [-0.25, -0.2) is 0 Å². The summed E-state index contributed by atoms with van der Waals surface area (Å²) in [5, 5.41) is 0. The zero-order chi connectivity index (χ0) is 14.5. The molecule has 19 heavy (non-hydrogen) atoms. The monoisotopic (exact) mass is 305 g/mol. The molecule has 1 unspecified atom stereocenters. The predicted molar refractivity (Wildman–Crippen MR) is 63.1 cm³/mol. The fraction of sp³-hybridized carbons (Fsp3) is 1.00. The molecule has 0 aromatic heterocycles. The number of nitrogens with zero attached hydrogens (tertiary/aromatic N) is 1. The Hall–Kier alpha value is -0.140. The Labute approximate surface area is 110 Å². The van der Waals surface area contributed by atoms with E-state index in [4.69, 9.17) is 13.8 Å². The second kappa shape index (κ2) is 7.04. The van der Waals surface area contributed by atoms with Crippen LogP contribution in [0.5, 0.6) is 0 Å². The summed E-state index contributed by atoms with van der Waals surface area (Å²) >= 11 is 0. The van der Waals surface area contributed by atoms with Gasteiger partial charge in [0.1, 0.15) is 0 Å². The quantitative estimate of drug-likeness (QED) is 0.706. The van der Waals surface area contributed by atoms with Gasteiger partial charge in [0.15, 0.2) is 0 Å². The molecule has 0 saturated carbocycles. The first kappa shape index (κ1) is 16.9. The highest BCUT2D eigenvalue weighted by Crippen LogP contribution is 2.59. The van der Waals surface area contributed by atoms with Crippen LogP contribution in [-0.2, 0) is 18.3 Å². The summed E-state index contributed by atoms with van der Waals surface area (Å²) in [7, 11) is -4.27. The van der Waals surface area contributed by atoms with Crippen LogP contribution in [0.25, 0.3) is 0 Å². The highest BCUT2D eigenvalue weighted by atomic mass is 31.2. The van der Waals surface area contributed by atoms with Crippen molar-refractivity contribution in [2.24, 2.45) is 0 Å². The van der Waals surface area contributed by atoms with E-state index >= 15 is 0 Å². The molecule has 0 radical (unpaired) electrons. The summed E-state index contributed by atoms with van der Waals surface area (Å²) < 4.78 is 66.8. The van der Waals surface area contributed by atoms with Crippen LogP contribution in [0.2, 0.25) is 0 Å². The lowest BCUT2D eigenvalue weighted by Gasteiger charge is -2.38. The van der Waals surface area contributed by atoms with Crippen LogP contribution in [0, 0.1) is 0 Å². The molecule has 0 spiro atoms. The molecule has 1 aliphatic heterocycles. The molecule has 5 nitrogen and oxygen atoms in total. The molecule has 1 aliphatic rings. The third-order valence-corrected chi connectivity index (χ3v) is 5.06. The lowest BCUT2D eigenvalue weighted by molar-refractivity contribution is -0.173. The smallest absolute Gasteiger partial charge is 0.379 e. The van der Waals surface area contributed by atoms with Gasteiger partial charge in [-0.1, -0.05) is 0 Å². The average Bonchev–Trinajstić information content (AvgIpc) is 2.28. The lowest BCUT2D eigenvalue weighted by Crippen LogP contribution is -2.50. The van der Waals surface area contributed by atoms with Gasteiger partial charge in [-0.2, -0.15) is 13.2 Å². The minimum atomic E-state index is -4.68. The highest BCUT2D eigenvalue weighted by Gasteiger charge is 2.57. The summed E-state index contributed by atoms with van der Waals surface area (Å²) in [5.74, 6) is -2.23. The van der Waals surface area contributed by atoms with Crippen molar-refractivity contribution in [3.63, 3.8) is 0 Å². The van der Waals surface area contributed by atoms with E-state index in [1.165, 1.54) is 13.8 Å². The first-order valence-corrected chi connectivity index (χ1v) is 7.73. The highest BCUT2D eigenvalue weighted by molar-refractivity contribution is 7.54. The van der Waals surface area contributed by atoms with Crippen LogP contribution in [-0.4, -0.2) is 56.4 Å². The Morgan fingerprint density at radius 3 is 2.05 bits per heavy atom. The van der Waals surface area contributed by atoms with Crippen LogP contribution in [0.3, 0.4) is 0 Å². The summed E-state index contributed by atoms with van der Waals surface area (Å²) in [6.07, 6.45) is -4.68. The standard InChI is InChI=1S/C10H19F3NO4P/c1-3-17-19(15,18-4-2)9(10(11,12)13)14-5-7-16-8-6-14/h9H,3-8H2,1-2H3. The topological polar surface area (TPSA) is 48.0 Å². The summed E-state index contributed by atoms with van der Waals surface area (Å²) in [5.41, 5.74) is 0. The van der Waals surface area contributed by atoms with Gasteiger partial charge in [-0.15, -0.1) is 0 Å². The SMILES string of the molecule is CCOP(=O)(OCC)C(N1CCOCC1)C(F)(F)F. The van der Waals surface area contributed by atoms with Crippen molar-refractivity contribution >= 4 is 7.60 Å². The van der Waals surface area contributed by atoms with Gasteiger partial charge in [0, 0.05) is 13.1 Å². The Morgan fingerprint density at radius 1 is 1.21 bits per heavy atom. The molecular formula is C10H19F3NO4P. The zero-order valence-corrected chi connectivity index (χ0v) is 11.9. The van der Waals surface area contributed by atoms with Crippen molar-refractivity contribution in [3.05, 3.63) is 0 Å². The second-order valence-corrected chi connectivity index (χ2v) is 6.02. The molecule has 9 heteroatoms. The number of morpholine rings is 1. The first-order valence-electron chi connectivity index (χ1n) is 6.12. The van der Waals surface area contributed by atoms with Crippen LogP contribution in [0.15, 0.2) is 0 Å². The average molecular weight is 305 g/mol. The number of halogens is 3. The van der Waals surface area contributed by atoms with E-state index < -0.39 is 19.6 Å². The first-order chi connectivity index (χ1) is 8.85. The number of hydrogen-bond acceptors (Lipinski definition) is 5. The molecule has 1 atom stereocenters. The summed E-state index contributed by atoms with van der Waals surface area (Å²) in [6.45, 7) is 3.21. The van der Waals surface area contributed by atoms with Gasteiger partial charge >= 0.3 is 13.8 Å². The maximum absolute atomic E-state index is 13.2. The van der Waals surface area contributed by atoms with Gasteiger partial charge in [0.05, 0.1) is 26.4 Å². The van der Waals surface area contributed by atoms with Crippen LogP contribution >= 0.6 is 7.60 Å². The Bertz CT molecular complexity index is 310. The molecule has 0 bridgehead atoms. The third-order valence-electron chi connectivity index (χ3n) is 2.60. The molecule has 0 aliphatic carbocycles. The molecular weight excluding hydrogens is 286 g/mol. The van der Waals surface area contributed by atoms with Crippen molar-refractivity contribution in [1.82, 2.24) is 4.90 Å². The molecule has 1 rings (SSSR count). The molecule has 0 amide bonds. The van der Waals surface area contributed by atoms with Gasteiger partial charge in [0.2, 0.25) is 5.78 Å². The lowest BCUT2D eigenvalue weighted by atomic mass is 10.4. The molecule has 114 valence electrons. The molecule has 0 aromatic carbocycles. The van der Waals surface area contributed by atoms with E-state index in [-0.39, 0.29) is 39.5 Å². The van der Waals surface area contributed by atoms with E-state index in [1.54, 1.807) is 0 Å². The second-order valence-electron chi connectivity index (χ2n) is 3.94. The third kappa shape index (κ3) is 4.43. The maximum atomic E-state index is 13.2. The fourth-order valence-electron chi connectivity index (χ4n) is 1.95. The van der Waals surface area contributed by atoms with E-state index in [1.807, 2.05) is 0 Å². The van der Waals surface area contributed by atoms with Crippen LogP contribution < -0.4 is 0 Å². The number of hydrogen-bond donors (Lipinski definition) is 0. The van der Waals surface area contributed by atoms with E-state index in [2.05, 4.69) is 0 Å². The van der Waals surface area contributed by atoms with E-state index in [0.717, 1.165) is 4.90 Å². The van der Waals surface area contributed by atoms with Gasteiger partial charge in [-0.05, 0) is 13.8 Å². The normalized spacial score (nSPS) is 20.5. The summed E-state index contributed by atoms with van der Waals surface area (Å²) in [4.78, 5) is 1.07. The van der Waals surface area contributed by atoms with Crippen LogP contribution in [0.1, 0.15) is 13.8 Å². The molecule has 1 heterocycles. The minimum absolute atomic E-state index is 0.0499. The number of rotatable bonds is 6. The predicted octanol–water partition coefficient (Wildman–Crippen LogP) is 2.47. The summed E-state index contributed by atoms with van der Waals surface area (Å²) in [6, 6.07) is 0. The Kier molecular flexibility index (Phi) is 6.26. The molecule has 1 saturated heterocycles. The van der Waals surface area contributed by atoms with Gasteiger partial charge in [-0.3, -0.25) is 9.46 Å². The maximum Gasteiger partial charge on any atom is 0.415 e. The largest absolute Gasteiger partial charge is 0.415 e. The molecule has 0 aromatic rings. The van der Waals surface area contributed by atoms with Crippen molar-refractivity contribution in [3.8, 4) is 0 Å². The van der Waals surface area contributed by atoms with Crippen molar-refractivity contribution in [2.75, 3.05) is 39.5 Å². The fourth-order valence-corrected chi connectivity index (χ4v) is 4.01. The van der Waals surface area contributed by atoms with E-state index in [0.29, 0.717) is 0 Å². The van der Waals surface area contributed by atoms with Crippen molar-refractivity contribution < 1.29 is 31.5 Å².